The molecule has 1 aromatic heterocycles. The van der Waals surface area contributed by atoms with Crippen molar-refractivity contribution in [2.45, 2.75) is 13.5 Å². The second-order valence-corrected chi connectivity index (χ2v) is 4.50. The quantitative estimate of drug-likeness (QED) is 0.888. The maximum atomic E-state index is 11.7. The van der Waals surface area contributed by atoms with Crippen LogP contribution in [0.3, 0.4) is 0 Å². The van der Waals surface area contributed by atoms with Gasteiger partial charge in [-0.15, -0.1) is 0 Å². The number of nitrogens with one attached hydrogen (secondary N) is 1. The molecule has 0 bridgehead atoms. The number of aromatic nitrogens is 1. The standard InChI is InChI=1S/C15H19N3O/c1-3-18(2)14(19)11-16-10-13-7-4-6-12-8-5-9-17-15(12)13/h4-9,16H,3,10-11H2,1-2H3. The van der Waals surface area contributed by atoms with Gasteiger partial charge in [0.15, 0.2) is 0 Å². The first kappa shape index (κ1) is 13.5. The molecule has 0 saturated carbocycles. The van der Waals surface area contributed by atoms with Crippen molar-refractivity contribution in [3.63, 3.8) is 0 Å². The molecular formula is C15H19N3O. The molecule has 1 heterocycles. The molecule has 0 aliphatic carbocycles. The van der Waals surface area contributed by atoms with Crippen LogP contribution < -0.4 is 5.32 Å². The number of amides is 1. The molecule has 4 heteroatoms. The highest BCUT2D eigenvalue weighted by molar-refractivity contribution is 5.81. The van der Waals surface area contributed by atoms with Crippen molar-refractivity contribution >= 4 is 16.8 Å². The average molecular weight is 257 g/mol. The van der Waals surface area contributed by atoms with Crippen molar-refractivity contribution in [2.75, 3.05) is 20.1 Å². The fraction of sp³-hybridized carbons (Fsp3) is 0.333. The lowest BCUT2D eigenvalue weighted by molar-refractivity contribution is -0.128. The van der Waals surface area contributed by atoms with Crippen LogP contribution in [0.1, 0.15) is 12.5 Å². The Morgan fingerprint density at radius 3 is 2.89 bits per heavy atom. The molecule has 0 fully saturated rings. The Bertz CT molecular complexity index is 563. The summed E-state index contributed by atoms with van der Waals surface area (Å²) in [5.41, 5.74) is 2.11. The van der Waals surface area contributed by atoms with E-state index in [0.717, 1.165) is 23.0 Å². The Kier molecular flexibility index (Phi) is 4.47. The van der Waals surface area contributed by atoms with Crippen LogP contribution in [0.5, 0.6) is 0 Å². The third-order valence-electron chi connectivity index (χ3n) is 3.21. The van der Waals surface area contributed by atoms with Gasteiger partial charge in [0.2, 0.25) is 5.91 Å². The molecule has 0 saturated heterocycles. The number of hydrogen-bond donors (Lipinski definition) is 1. The molecule has 19 heavy (non-hydrogen) atoms. The Morgan fingerprint density at radius 2 is 2.11 bits per heavy atom. The topological polar surface area (TPSA) is 45.2 Å². The molecule has 0 radical (unpaired) electrons. The lowest BCUT2D eigenvalue weighted by Gasteiger charge is -2.15. The molecule has 1 N–H and O–H groups in total. The predicted octanol–water partition coefficient (Wildman–Crippen LogP) is 1.80. The smallest absolute Gasteiger partial charge is 0.236 e. The van der Waals surface area contributed by atoms with Crippen LogP contribution in [0.4, 0.5) is 0 Å². The number of rotatable bonds is 5. The molecule has 0 spiro atoms. The summed E-state index contributed by atoms with van der Waals surface area (Å²) < 4.78 is 0. The zero-order chi connectivity index (χ0) is 13.7. The van der Waals surface area contributed by atoms with E-state index in [0.29, 0.717) is 13.1 Å². The highest BCUT2D eigenvalue weighted by atomic mass is 16.2. The number of benzene rings is 1. The highest BCUT2D eigenvalue weighted by Gasteiger charge is 2.06. The third-order valence-corrected chi connectivity index (χ3v) is 3.21. The second-order valence-electron chi connectivity index (χ2n) is 4.50. The number of carbonyl (C=O) groups excluding carboxylic acids is 1. The summed E-state index contributed by atoms with van der Waals surface area (Å²) in [6.45, 7) is 3.70. The van der Waals surface area contributed by atoms with Crippen molar-refractivity contribution < 1.29 is 4.79 Å². The van der Waals surface area contributed by atoms with Gasteiger partial charge < -0.3 is 10.2 Å². The molecule has 1 aromatic carbocycles. The van der Waals surface area contributed by atoms with Crippen LogP contribution in [0, 0.1) is 0 Å². The van der Waals surface area contributed by atoms with Crippen molar-refractivity contribution in [1.82, 2.24) is 15.2 Å². The molecule has 2 rings (SSSR count). The van der Waals surface area contributed by atoms with Gasteiger partial charge in [0.05, 0.1) is 12.1 Å². The molecule has 100 valence electrons. The Labute approximate surface area is 113 Å². The summed E-state index contributed by atoms with van der Waals surface area (Å²) in [6, 6.07) is 10.1. The van der Waals surface area contributed by atoms with Gasteiger partial charge in [0.1, 0.15) is 0 Å². The van der Waals surface area contributed by atoms with E-state index in [9.17, 15) is 4.79 Å². The largest absolute Gasteiger partial charge is 0.345 e. The summed E-state index contributed by atoms with van der Waals surface area (Å²) in [5.74, 6) is 0.107. The fourth-order valence-electron chi connectivity index (χ4n) is 1.93. The van der Waals surface area contributed by atoms with E-state index >= 15 is 0 Å². The first-order valence-corrected chi connectivity index (χ1v) is 6.49. The summed E-state index contributed by atoms with van der Waals surface area (Å²) in [5, 5.41) is 4.30. The van der Waals surface area contributed by atoms with Crippen LogP contribution in [0.2, 0.25) is 0 Å². The molecule has 0 unspecified atom stereocenters. The molecule has 4 nitrogen and oxygen atoms in total. The van der Waals surface area contributed by atoms with Crippen LogP contribution in [0.15, 0.2) is 36.5 Å². The lowest BCUT2D eigenvalue weighted by Crippen LogP contribution is -2.35. The van der Waals surface area contributed by atoms with E-state index in [1.807, 2.05) is 44.3 Å². The van der Waals surface area contributed by atoms with Crippen LogP contribution in [0.25, 0.3) is 10.9 Å². The number of pyridine rings is 1. The first-order chi connectivity index (χ1) is 9.22. The van der Waals surface area contributed by atoms with Gasteiger partial charge in [-0.3, -0.25) is 9.78 Å². The minimum Gasteiger partial charge on any atom is -0.345 e. The Hall–Kier alpha value is -1.94. The predicted molar refractivity (Wildman–Crippen MR) is 76.8 cm³/mol. The Morgan fingerprint density at radius 1 is 1.32 bits per heavy atom. The normalized spacial score (nSPS) is 10.6. The van der Waals surface area contributed by atoms with Gasteiger partial charge in [-0.05, 0) is 18.6 Å². The van der Waals surface area contributed by atoms with Gasteiger partial charge in [-0.2, -0.15) is 0 Å². The van der Waals surface area contributed by atoms with Gasteiger partial charge in [0.25, 0.3) is 0 Å². The molecule has 0 atom stereocenters. The molecule has 2 aromatic rings. The highest BCUT2D eigenvalue weighted by Crippen LogP contribution is 2.15. The first-order valence-electron chi connectivity index (χ1n) is 6.49. The van der Waals surface area contributed by atoms with Crippen molar-refractivity contribution in [3.05, 3.63) is 42.1 Å². The summed E-state index contributed by atoms with van der Waals surface area (Å²) in [7, 11) is 1.81. The summed E-state index contributed by atoms with van der Waals surface area (Å²) in [6.07, 6.45) is 1.79. The van der Waals surface area contributed by atoms with E-state index in [1.165, 1.54) is 0 Å². The zero-order valence-corrected chi connectivity index (χ0v) is 11.4. The minimum absolute atomic E-state index is 0.107. The summed E-state index contributed by atoms with van der Waals surface area (Å²) in [4.78, 5) is 17.8. The molecule has 0 aliphatic heterocycles. The van der Waals surface area contributed by atoms with Crippen LogP contribution in [-0.2, 0) is 11.3 Å². The van der Waals surface area contributed by atoms with E-state index in [-0.39, 0.29) is 5.91 Å². The van der Waals surface area contributed by atoms with E-state index < -0.39 is 0 Å². The number of carbonyl (C=O) groups is 1. The zero-order valence-electron chi connectivity index (χ0n) is 11.4. The fourth-order valence-corrected chi connectivity index (χ4v) is 1.93. The van der Waals surface area contributed by atoms with Gasteiger partial charge in [-0.1, -0.05) is 24.3 Å². The summed E-state index contributed by atoms with van der Waals surface area (Å²) >= 11 is 0. The lowest BCUT2D eigenvalue weighted by atomic mass is 10.1. The maximum Gasteiger partial charge on any atom is 0.236 e. The maximum absolute atomic E-state index is 11.7. The third kappa shape index (κ3) is 3.29. The monoisotopic (exact) mass is 257 g/mol. The minimum atomic E-state index is 0.107. The van der Waals surface area contributed by atoms with Crippen LogP contribution in [-0.4, -0.2) is 35.9 Å². The number of likely N-dealkylation sites (N-methyl/N-ethyl adjacent to an activating group) is 1. The molecule has 0 aliphatic rings. The van der Waals surface area contributed by atoms with Gasteiger partial charge in [0, 0.05) is 31.7 Å². The van der Waals surface area contributed by atoms with Crippen molar-refractivity contribution in [1.29, 1.82) is 0 Å². The Balaban J connectivity index is 2.01. The van der Waals surface area contributed by atoms with E-state index in [1.54, 1.807) is 11.1 Å². The van der Waals surface area contributed by atoms with Gasteiger partial charge in [-0.25, -0.2) is 0 Å². The molecule has 1 amide bonds. The number of para-hydroxylation sites is 1. The average Bonchev–Trinajstić information content (AvgIpc) is 2.46. The van der Waals surface area contributed by atoms with Crippen LogP contribution >= 0.6 is 0 Å². The van der Waals surface area contributed by atoms with E-state index in [2.05, 4.69) is 10.3 Å². The molecular weight excluding hydrogens is 238 g/mol. The van der Waals surface area contributed by atoms with Crippen molar-refractivity contribution in [2.24, 2.45) is 0 Å². The van der Waals surface area contributed by atoms with Crippen molar-refractivity contribution in [3.8, 4) is 0 Å². The van der Waals surface area contributed by atoms with Gasteiger partial charge >= 0.3 is 0 Å². The number of nitrogens with zero attached hydrogens (tertiary/aromatic N) is 2. The second kappa shape index (κ2) is 6.29. The van der Waals surface area contributed by atoms with E-state index in [4.69, 9.17) is 0 Å². The SMILES string of the molecule is CCN(C)C(=O)CNCc1cccc2cccnc12. The number of hydrogen-bond acceptors (Lipinski definition) is 3. The number of fused-ring (bicyclic) bond motifs is 1.